The minimum absolute atomic E-state index is 0.0739. The van der Waals surface area contributed by atoms with Gasteiger partial charge in [0.1, 0.15) is 5.69 Å². The molecule has 0 spiro atoms. The van der Waals surface area contributed by atoms with Crippen molar-refractivity contribution in [3.63, 3.8) is 0 Å². The van der Waals surface area contributed by atoms with Crippen LogP contribution < -0.4 is 0 Å². The summed E-state index contributed by atoms with van der Waals surface area (Å²) in [7, 11) is 0. The van der Waals surface area contributed by atoms with Crippen LogP contribution in [-0.2, 0) is 11.3 Å². The maximum Gasteiger partial charge on any atom is 0.246 e. The Labute approximate surface area is 171 Å². The molecule has 0 radical (unpaired) electrons. The van der Waals surface area contributed by atoms with Gasteiger partial charge in [0, 0.05) is 48.9 Å². The number of benzene rings is 1. The van der Waals surface area contributed by atoms with Crippen LogP contribution in [0.25, 0.3) is 17.3 Å². The zero-order valence-corrected chi connectivity index (χ0v) is 16.7. The minimum atomic E-state index is 0.0739. The standard InChI is InChI=1S/C24H26N4O/c1-19-11-14-27(15-12-19)23(29)10-9-22-18-28(17-20-6-3-2-4-7-20)26-24(22)21-8-5-13-25-16-21/h2-10,13,16,18-19H,11-12,14-15,17H2,1H3/b10-9+. The molecule has 29 heavy (non-hydrogen) atoms. The molecular weight excluding hydrogens is 360 g/mol. The summed E-state index contributed by atoms with van der Waals surface area (Å²) >= 11 is 0. The topological polar surface area (TPSA) is 51.0 Å². The fourth-order valence-corrected chi connectivity index (χ4v) is 3.63. The summed E-state index contributed by atoms with van der Waals surface area (Å²) in [4.78, 5) is 18.8. The largest absolute Gasteiger partial charge is 0.339 e. The average Bonchev–Trinajstić information content (AvgIpc) is 3.16. The van der Waals surface area contributed by atoms with Crippen LogP contribution in [0, 0.1) is 5.92 Å². The molecule has 3 heterocycles. The summed E-state index contributed by atoms with van der Waals surface area (Å²) < 4.78 is 1.92. The van der Waals surface area contributed by atoms with Gasteiger partial charge in [-0.05, 0) is 42.5 Å². The highest BCUT2D eigenvalue weighted by Gasteiger charge is 2.18. The van der Waals surface area contributed by atoms with Crippen molar-refractivity contribution < 1.29 is 4.79 Å². The van der Waals surface area contributed by atoms with Crippen LogP contribution in [0.5, 0.6) is 0 Å². The van der Waals surface area contributed by atoms with Crippen molar-refractivity contribution in [1.82, 2.24) is 19.7 Å². The van der Waals surface area contributed by atoms with E-state index in [1.807, 2.05) is 52.2 Å². The molecule has 1 aromatic carbocycles. The monoisotopic (exact) mass is 386 g/mol. The van der Waals surface area contributed by atoms with Gasteiger partial charge in [0.15, 0.2) is 0 Å². The van der Waals surface area contributed by atoms with Gasteiger partial charge < -0.3 is 4.90 Å². The molecule has 1 amide bonds. The first-order chi connectivity index (χ1) is 14.2. The van der Waals surface area contributed by atoms with Gasteiger partial charge in [-0.3, -0.25) is 14.5 Å². The number of amides is 1. The molecule has 148 valence electrons. The molecule has 4 rings (SSSR count). The number of aromatic nitrogens is 3. The van der Waals surface area contributed by atoms with E-state index in [4.69, 9.17) is 5.10 Å². The normalized spacial score (nSPS) is 15.1. The van der Waals surface area contributed by atoms with Crippen LogP contribution in [0.2, 0.25) is 0 Å². The second-order valence-electron chi connectivity index (χ2n) is 7.70. The first kappa shape index (κ1) is 19.1. The van der Waals surface area contributed by atoms with Crippen molar-refractivity contribution in [3.05, 3.63) is 78.3 Å². The number of hydrogen-bond donors (Lipinski definition) is 0. The Morgan fingerprint density at radius 1 is 1.14 bits per heavy atom. The molecule has 1 saturated heterocycles. The molecule has 0 atom stereocenters. The number of hydrogen-bond acceptors (Lipinski definition) is 3. The van der Waals surface area contributed by atoms with Crippen LogP contribution in [0.3, 0.4) is 0 Å². The second kappa shape index (κ2) is 8.86. The quantitative estimate of drug-likeness (QED) is 0.616. The molecule has 0 N–H and O–H groups in total. The highest BCUT2D eigenvalue weighted by Crippen LogP contribution is 2.23. The maximum atomic E-state index is 12.6. The van der Waals surface area contributed by atoms with E-state index < -0.39 is 0 Å². The summed E-state index contributed by atoms with van der Waals surface area (Å²) in [5, 5.41) is 4.78. The molecule has 1 aliphatic heterocycles. The highest BCUT2D eigenvalue weighted by molar-refractivity contribution is 5.92. The van der Waals surface area contributed by atoms with E-state index in [-0.39, 0.29) is 5.91 Å². The Kier molecular flexibility index (Phi) is 5.84. The van der Waals surface area contributed by atoms with Gasteiger partial charge in [-0.1, -0.05) is 37.3 Å². The van der Waals surface area contributed by atoms with Gasteiger partial charge in [-0.15, -0.1) is 0 Å². The zero-order chi connectivity index (χ0) is 20.1. The Morgan fingerprint density at radius 3 is 2.66 bits per heavy atom. The molecular formula is C24H26N4O. The van der Waals surface area contributed by atoms with Crippen LogP contribution in [0.1, 0.15) is 30.9 Å². The van der Waals surface area contributed by atoms with Gasteiger partial charge in [0.05, 0.1) is 6.54 Å². The van der Waals surface area contributed by atoms with E-state index >= 15 is 0 Å². The van der Waals surface area contributed by atoms with E-state index in [1.165, 1.54) is 5.56 Å². The van der Waals surface area contributed by atoms with Crippen molar-refractivity contribution in [2.75, 3.05) is 13.1 Å². The molecule has 0 unspecified atom stereocenters. The molecule has 5 nitrogen and oxygen atoms in total. The van der Waals surface area contributed by atoms with Crippen molar-refractivity contribution >= 4 is 12.0 Å². The molecule has 1 aliphatic rings. The minimum Gasteiger partial charge on any atom is -0.339 e. The zero-order valence-electron chi connectivity index (χ0n) is 16.7. The van der Waals surface area contributed by atoms with Gasteiger partial charge in [0.2, 0.25) is 5.91 Å². The van der Waals surface area contributed by atoms with Crippen LogP contribution in [-0.4, -0.2) is 38.7 Å². The lowest BCUT2D eigenvalue weighted by molar-refractivity contribution is -0.127. The van der Waals surface area contributed by atoms with E-state index in [1.54, 1.807) is 18.5 Å². The first-order valence-corrected chi connectivity index (χ1v) is 10.2. The number of likely N-dealkylation sites (tertiary alicyclic amines) is 1. The molecule has 2 aromatic heterocycles. The Bertz CT molecular complexity index is 971. The van der Waals surface area contributed by atoms with E-state index in [2.05, 4.69) is 24.0 Å². The molecule has 0 saturated carbocycles. The lowest BCUT2D eigenvalue weighted by atomic mass is 9.99. The Hall–Kier alpha value is -3.21. The third kappa shape index (κ3) is 4.80. The molecule has 5 heteroatoms. The Balaban J connectivity index is 1.58. The van der Waals surface area contributed by atoms with Crippen molar-refractivity contribution in [2.45, 2.75) is 26.3 Å². The fourth-order valence-electron chi connectivity index (χ4n) is 3.63. The number of piperidine rings is 1. The summed E-state index contributed by atoms with van der Waals surface area (Å²) in [5.41, 5.74) is 3.89. The van der Waals surface area contributed by atoms with Crippen LogP contribution in [0.4, 0.5) is 0 Å². The summed E-state index contributed by atoms with van der Waals surface area (Å²) in [6, 6.07) is 14.1. The number of pyridine rings is 1. The number of nitrogens with zero attached hydrogens (tertiary/aromatic N) is 4. The van der Waals surface area contributed by atoms with Gasteiger partial charge in [-0.25, -0.2) is 0 Å². The maximum absolute atomic E-state index is 12.6. The van der Waals surface area contributed by atoms with Crippen molar-refractivity contribution in [1.29, 1.82) is 0 Å². The van der Waals surface area contributed by atoms with Gasteiger partial charge >= 0.3 is 0 Å². The average molecular weight is 386 g/mol. The fraction of sp³-hybridized carbons (Fsp3) is 0.292. The molecule has 0 aliphatic carbocycles. The Morgan fingerprint density at radius 2 is 1.93 bits per heavy atom. The predicted molar refractivity (Wildman–Crippen MR) is 115 cm³/mol. The molecule has 1 fully saturated rings. The van der Waals surface area contributed by atoms with Crippen molar-refractivity contribution in [3.8, 4) is 11.3 Å². The number of carbonyl (C=O) groups excluding carboxylic acids is 1. The lowest BCUT2D eigenvalue weighted by Gasteiger charge is -2.29. The van der Waals surface area contributed by atoms with E-state index in [9.17, 15) is 4.79 Å². The first-order valence-electron chi connectivity index (χ1n) is 10.2. The number of carbonyl (C=O) groups is 1. The lowest BCUT2D eigenvalue weighted by Crippen LogP contribution is -2.36. The third-order valence-electron chi connectivity index (χ3n) is 5.41. The van der Waals surface area contributed by atoms with Crippen LogP contribution >= 0.6 is 0 Å². The highest BCUT2D eigenvalue weighted by atomic mass is 16.2. The third-order valence-corrected chi connectivity index (χ3v) is 5.41. The van der Waals surface area contributed by atoms with E-state index in [0.717, 1.165) is 42.8 Å². The van der Waals surface area contributed by atoms with E-state index in [0.29, 0.717) is 12.5 Å². The summed E-state index contributed by atoms with van der Waals surface area (Å²) in [5.74, 6) is 0.779. The molecule has 3 aromatic rings. The number of rotatable bonds is 5. The van der Waals surface area contributed by atoms with Crippen LogP contribution in [0.15, 0.2) is 67.1 Å². The van der Waals surface area contributed by atoms with Gasteiger partial charge in [-0.2, -0.15) is 5.10 Å². The molecule has 0 bridgehead atoms. The summed E-state index contributed by atoms with van der Waals surface area (Å²) in [6.45, 7) is 4.61. The smallest absolute Gasteiger partial charge is 0.246 e. The SMILES string of the molecule is CC1CCN(C(=O)/C=C/c2cn(Cc3ccccc3)nc2-c2cccnc2)CC1. The van der Waals surface area contributed by atoms with Gasteiger partial charge in [0.25, 0.3) is 0 Å². The van der Waals surface area contributed by atoms with Crippen molar-refractivity contribution in [2.24, 2.45) is 5.92 Å². The second-order valence-corrected chi connectivity index (χ2v) is 7.70. The summed E-state index contributed by atoms with van der Waals surface area (Å²) in [6.07, 6.45) is 11.3. The predicted octanol–water partition coefficient (Wildman–Crippen LogP) is 4.27.